The van der Waals surface area contributed by atoms with E-state index in [1.165, 1.54) is 0 Å². The van der Waals surface area contributed by atoms with E-state index >= 15 is 0 Å². The third-order valence-electron chi connectivity index (χ3n) is 3.92. The number of carboxylic acids is 1. The third kappa shape index (κ3) is 3.24. The first-order valence-corrected chi connectivity index (χ1v) is 7.47. The number of rotatable bonds is 4. The highest BCUT2D eigenvalue weighted by Gasteiger charge is 2.35. The molecule has 24 heavy (non-hydrogen) atoms. The minimum atomic E-state index is -0.902. The van der Waals surface area contributed by atoms with Crippen LogP contribution in [0, 0.1) is 0 Å². The van der Waals surface area contributed by atoms with Crippen LogP contribution in [0.5, 0.6) is 0 Å². The van der Waals surface area contributed by atoms with Gasteiger partial charge in [0, 0.05) is 11.4 Å². The summed E-state index contributed by atoms with van der Waals surface area (Å²) in [7, 11) is 0. The lowest BCUT2D eigenvalue weighted by molar-refractivity contribution is -0.141. The summed E-state index contributed by atoms with van der Waals surface area (Å²) >= 11 is 0. The molecule has 1 aliphatic heterocycles. The second-order valence-corrected chi connectivity index (χ2v) is 5.28. The number of aliphatic carboxylic acids is 1. The van der Waals surface area contributed by atoms with Crippen LogP contribution in [0.1, 0.15) is 24.0 Å². The van der Waals surface area contributed by atoms with Crippen LogP contribution in [-0.2, 0) is 14.3 Å². The number of carboxylic acid groups (broad SMARTS) is 1. The van der Waals surface area contributed by atoms with Crippen LogP contribution in [-0.4, -0.2) is 30.2 Å². The van der Waals surface area contributed by atoms with Crippen molar-refractivity contribution in [1.82, 2.24) is 0 Å². The van der Waals surface area contributed by atoms with Gasteiger partial charge in [-0.2, -0.15) is 0 Å². The van der Waals surface area contributed by atoms with E-state index < -0.39 is 11.9 Å². The molecule has 5 nitrogen and oxygen atoms in total. The summed E-state index contributed by atoms with van der Waals surface area (Å²) in [6.45, 7) is 2.12. The highest BCUT2D eigenvalue weighted by molar-refractivity contribution is 14.0. The molecule has 0 bridgehead atoms. The SMILES string of the molecule is CCOC(=O)CN1c2ccccc2C(C(=O)O)c2ccccc21.I. The molecule has 1 aliphatic rings. The summed E-state index contributed by atoms with van der Waals surface area (Å²) in [5, 5.41) is 9.67. The smallest absolute Gasteiger partial charge is 0.325 e. The molecule has 3 rings (SSSR count). The Bertz CT molecular complexity index is 715. The number of anilines is 2. The molecule has 0 atom stereocenters. The van der Waals surface area contributed by atoms with Gasteiger partial charge in [-0.05, 0) is 30.2 Å². The predicted molar refractivity (Wildman–Crippen MR) is 101 cm³/mol. The summed E-state index contributed by atoms with van der Waals surface area (Å²) in [5.74, 6) is -1.98. The monoisotopic (exact) mass is 439 g/mol. The average Bonchev–Trinajstić information content (AvgIpc) is 2.54. The van der Waals surface area contributed by atoms with Crippen molar-refractivity contribution >= 4 is 47.3 Å². The number of hydrogen-bond acceptors (Lipinski definition) is 4. The predicted octanol–water partition coefficient (Wildman–Crippen LogP) is 3.54. The topological polar surface area (TPSA) is 66.8 Å². The first-order chi connectivity index (χ1) is 11.1. The molecular weight excluding hydrogens is 421 g/mol. The lowest BCUT2D eigenvalue weighted by Crippen LogP contribution is -2.33. The Kier molecular flexibility index (Phi) is 5.82. The number of halogens is 1. The van der Waals surface area contributed by atoms with Crippen molar-refractivity contribution in [2.75, 3.05) is 18.1 Å². The number of esters is 1. The van der Waals surface area contributed by atoms with Gasteiger partial charge in [0.1, 0.15) is 12.5 Å². The van der Waals surface area contributed by atoms with Crippen molar-refractivity contribution in [2.24, 2.45) is 0 Å². The van der Waals surface area contributed by atoms with E-state index in [1.807, 2.05) is 41.3 Å². The van der Waals surface area contributed by atoms with E-state index in [-0.39, 0.29) is 36.5 Å². The van der Waals surface area contributed by atoms with Gasteiger partial charge < -0.3 is 14.7 Å². The van der Waals surface area contributed by atoms with Gasteiger partial charge in [0.05, 0.1) is 6.61 Å². The zero-order chi connectivity index (χ0) is 16.4. The molecule has 1 heterocycles. The highest BCUT2D eigenvalue weighted by atomic mass is 127. The van der Waals surface area contributed by atoms with Crippen LogP contribution >= 0.6 is 24.0 Å². The minimum absolute atomic E-state index is 0. The van der Waals surface area contributed by atoms with Crippen molar-refractivity contribution in [2.45, 2.75) is 12.8 Å². The maximum Gasteiger partial charge on any atom is 0.325 e. The second kappa shape index (κ2) is 7.65. The Morgan fingerprint density at radius 1 is 1.04 bits per heavy atom. The maximum absolute atomic E-state index is 12.0. The molecule has 0 aromatic heterocycles. The quantitative estimate of drug-likeness (QED) is 0.584. The molecule has 2 aromatic rings. The van der Waals surface area contributed by atoms with Crippen LogP contribution in [0.4, 0.5) is 11.4 Å². The number of carbonyl (C=O) groups is 2. The van der Waals surface area contributed by atoms with E-state index in [2.05, 4.69) is 0 Å². The van der Waals surface area contributed by atoms with Crippen molar-refractivity contribution in [1.29, 1.82) is 0 Å². The summed E-state index contributed by atoms with van der Waals surface area (Å²) < 4.78 is 5.05. The van der Waals surface area contributed by atoms with Gasteiger partial charge in [-0.15, -0.1) is 24.0 Å². The normalized spacial score (nSPS) is 12.6. The Labute approximate surface area is 157 Å². The van der Waals surface area contributed by atoms with Gasteiger partial charge in [-0.3, -0.25) is 9.59 Å². The minimum Gasteiger partial charge on any atom is -0.481 e. The third-order valence-corrected chi connectivity index (χ3v) is 3.92. The lowest BCUT2D eigenvalue weighted by Gasteiger charge is -2.35. The summed E-state index contributed by atoms with van der Waals surface area (Å²) in [4.78, 5) is 25.6. The first kappa shape index (κ1) is 18.3. The molecule has 0 radical (unpaired) electrons. The Balaban J connectivity index is 0.00000208. The van der Waals surface area contributed by atoms with E-state index in [4.69, 9.17) is 4.74 Å². The number of nitrogens with zero attached hydrogens (tertiary/aromatic N) is 1. The Morgan fingerprint density at radius 3 is 2.00 bits per heavy atom. The molecule has 0 fully saturated rings. The molecule has 1 N–H and O–H groups in total. The molecule has 0 spiro atoms. The van der Waals surface area contributed by atoms with Crippen LogP contribution in [0.3, 0.4) is 0 Å². The largest absolute Gasteiger partial charge is 0.481 e. The van der Waals surface area contributed by atoms with E-state index in [0.29, 0.717) is 17.7 Å². The number of para-hydroxylation sites is 2. The summed E-state index contributed by atoms with van der Waals surface area (Å²) in [6, 6.07) is 14.6. The molecule has 0 unspecified atom stereocenters. The molecule has 126 valence electrons. The molecular formula is C18H18INO4. The van der Waals surface area contributed by atoms with Crippen molar-refractivity contribution < 1.29 is 19.4 Å². The highest BCUT2D eigenvalue weighted by Crippen LogP contribution is 2.45. The number of carbonyl (C=O) groups excluding carboxylic acids is 1. The number of ether oxygens (including phenoxy) is 1. The first-order valence-electron chi connectivity index (χ1n) is 7.47. The molecule has 6 heteroatoms. The van der Waals surface area contributed by atoms with Crippen molar-refractivity contribution in [3.05, 3.63) is 59.7 Å². The second-order valence-electron chi connectivity index (χ2n) is 5.28. The molecule has 0 saturated heterocycles. The number of hydrogen-bond donors (Lipinski definition) is 1. The molecule has 0 aliphatic carbocycles. The van der Waals surface area contributed by atoms with E-state index in [1.54, 1.807) is 19.1 Å². The fourth-order valence-electron chi connectivity index (χ4n) is 3.02. The van der Waals surface area contributed by atoms with Gasteiger partial charge in [-0.25, -0.2) is 0 Å². The molecule has 0 saturated carbocycles. The van der Waals surface area contributed by atoms with Crippen LogP contribution in [0.25, 0.3) is 0 Å². The van der Waals surface area contributed by atoms with Gasteiger partial charge >= 0.3 is 11.9 Å². The summed E-state index contributed by atoms with van der Waals surface area (Å²) in [6.07, 6.45) is 0. The Morgan fingerprint density at radius 2 is 1.54 bits per heavy atom. The number of fused-ring (bicyclic) bond motifs is 2. The zero-order valence-electron chi connectivity index (χ0n) is 13.1. The zero-order valence-corrected chi connectivity index (χ0v) is 15.5. The lowest BCUT2D eigenvalue weighted by atomic mass is 9.85. The standard InChI is InChI=1S/C18H17NO4.HI/c1-2-23-16(20)11-19-14-9-5-3-7-12(14)17(18(21)22)13-8-4-6-10-15(13)19;/h3-10,17H,2,11H2,1H3,(H,21,22);1H. The van der Waals surface area contributed by atoms with Gasteiger partial charge in [0.25, 0.3) is 0 Å². The van der Waals surface area contributed by atoms with Crippen molar-refractivity contribution in [3.63, 3.8) is 0 Å². The van der Waals surface area contributed by atoms with Gasteiger partial charge in [-0.1, -0.05) is 36.4 Å². The molecule has 2 aromatic carbocycles. The van der Waals surface area contributed by atoms with E-state index in [9.17, 15) is 14.7 Å². The van der Waals surface area contributed by atoms with Crippen LogP contribution in [0.2, 0.25) is 0 Å². The van der Waals surface area contributed by atoms with Gasteiger partial charge in [0.2, 0.25) is 0 Å². The number of benzene rings is 2. The van der Waals surface area contributed by atoms with Gasteiger partial charge in [0.15, 0.2) is 0 Å². The summed E-state index contributed by atoms with van der Waals surface area (Å²) in [5.41, 5.74) is 2.82. The average molecular weight is 439 g/mol. The van der Waals surface area contributed by atoms with Crippen LogP contribution < -0.4 is 4.90 Å². The maximum atomic E-state index is 12.0. The Hall–Kier alpha value is -2.09. The van der Waals surface area contributed by atoms with E-state index in [0.717, 1.165) is 11.4 Å². The van der Waals surface area contributed by atoms with Crippen molar-refractivity contribution in [3.8, 4) is 0 Å². The van der Waals surface area contributed by atoms with Crippen LogP contribution in [0.15, 0.2) is 48.5 Å². The molecule has 0 amide bonds. The fourth-order valence-corrected chi connectivity index (χ4v) is 3.02. The fraction of sp³-hybridized carbons (Fsp3) is 0.222.